The van der Waals surface area contributed by atoms with E-state index >= 15 is 0 Å². The average molecular weight is 424 g/mol. The Bertz CT molecular complexity index is 980. The van der Waals surface area contributed by atoms with Gasteiger partial charge < -0.3 is 15.5 Å². The van der Waals surface area contributed by atoms with Crippen LogP contribution in [0.3, 0.4) is 0 Å². The van der Waals surface area contributed by atoms with E-state index in [1.807, 2.05) is 30.3 Å². The summed E-state index contributed by atoms with van der Waals surface area (Å²) >= 11 is 0. The van der Waals surface area contributed by atoms with Gasteiger partial charge in [-0.3, -0.25) is 19.1 Å². The predicted octanol–water partition coefficient (Wildman–Crippen LogP) is 1.76. The number of fused-ring (bicyclic) bond motifs is 1. The fraction of sp³-hybridized carbons (Fsp3) is 0.478. The molecule has 0 radical (unpaired) electrons. The number of nitrogens with zero attached hydrogens (tertiary/aromatic N) is 3. The molecular weight excluding hydrogens is 394 g/mol. The Balaban J connectivity index is 1.44. The zero-order valence-electron chi connectivity index (χ0n) is 18.1. The minimum atomic E-state index is -1.06. The van der Waals surface area contributed by atoms with Crippen LogP contribution in [-0.4, -0.2) is 57.6 Å². The Morgan fingerprint density at radius 3 is 2.61 bits per heavy atom. The lowest BCUT2D eigenvalue weighted by Gasteiger charge is -2.41. The van der Waals surface area contributed by atoms with Gasteiger partial charge in [-0.15, -0.1) is 0 Å². The number of hydrogen-bond acceptors (Lipinski definition) is 4. The number of aromatic nitrogens is 2. The van der Waals surface area contributed by atoms with Crippen molar-refractivity contribution in [1.29, 1.82) is 0 Å². The molecule has 2 aliphatic rings. The number of likely N-dealkylation sites (N-methyl/N-ethyl adjacent to an activating group) is 1. The van der Waals surface area contributed by atoms with Gasteiger partial charge in [-0.05, 0) is 31.7 Å². The van der Waals surface area contributed by atoms with Crippen molar-refractivity contribution in [2.24, 2.45) is 0 Å². The van der Waals surface area contributed by atoms with E-state index in [9.17, 15) is 14.4 Å². The number of amides is 3. The lowest BCUT2D eigenvalue weighted by molar-refractivity contribution is -0.133. The minimum absolute atomic E-state index is 0.165. The van der Waals surface area contributed by atoms with Gasteiger partial charge in [0.05, 0.1) is 6.54 Å². The number of benzene rings is 1. The number of nitrogens with one attached hydrogen (secondary N) is 2. The maximum Gasteiger partial charge on any atom is 0.272 e. The van der Waals surface area contributed by atoms with E-state index in [1.165, 1.54) is 15.6 Å². The van der Waals surface area contributed by atoms with Gasteiger partial charge in [0.25, 0.3) is 11.8 Å². The van der Waals surface area contributed by atoms with E-state index in [0.717, 1.165) is 31.2 Å². The number of carbonyl (C=O) groups is 3. The first-order valence-electron chi connectivity index (χ1n) is 10.9. The molecule has 0 spiro atoms. The Labute approximate surface area is 182 Å². The molecule has 8 heteroatoms. The lowest BCUT2D eigenvalue weighted by atomic mass is 9.95. The molecule has 1 aliphatic heterocycles. The van der Waals surface area contributed by atoms with Gasteiger partial charge in [-0.1, -0.05) is 43.2 Å². The summed E-state index contributed by atoms with van der Waals surface area (Å²) < 4.78 is 1.49. The van der Waals surface area contributed by atoms with Crippen molar-refractivity contribution in [2.45, 2.75) is 57.2 Å². The summed E-state index contributed by atoms with van der Waals surface area (Å²) in [6.45, 7) is 2.43. The molecule has 3 amide bonds. The average Bonchev–Trinajstić information content (AvgIpc) is 3.43. The monoisotopic (exact) mass is 423 g/mol. The van der Waals surface area contributed by atoms with Crippen LogP contribution in [0.5, 0.6) is 0 Å². The highest BCUT2D eigenvalue weighted by atomic mass is 16.2. The molecular formula is C23H29N5O3. The summed E-state index contributed by atoms with van der Waals surface area (Å²) in [4.78, 5) is 40.0. The van der Waals surface area contributed by atoms with E-state index in [1.54, 1.807) is 14.0 Å². The van der Waals surface area contributed by atoms with E-state index in [4.69, 9.17) is 0 Å². The van der Waals surface area contributed by atoms with E-state index in [-0.39, 0.29) is 36.0 Å². The Kier molecular flexibility index (Phi) is 5.80. The van der Waals surface area contributed by atoms with Crippen molar-refractivity contribution < 1.29 is 14.4 Å². The molecule has 31 heavy (non-hydrogen) atoms. The van der Waals surface area contributed by atoms with Gasteiger partial charge >= 0.3 is 0 Å². The molecule has 0 unspecified atom stereocenters. The third-order valence-electron chi connectivity index (χ3n) is 6.46. The van der Waals surface area contributed by atoms with Gasteiger partial charge in [0, 0.05) is 25.7 Å². The van der Waals surface area contributed by atoms with Crippen molar-refractivity contribution in [3.8, 4) is 0 Å². The summed E-state index contributed by atoms with van der Waals surface area (Å²) in [5.74, 6) is -0.818. The Morgan fingerprint density at radius 1 is 1.19 bits per heavy atom. The molecule has 1 atom stereocenters. The fourth-order valence-corrected chi connectivity index (χ4v) is 4.30. The standard InChI is InChI=1S/C23H29N5O3/c1-23(22(31)25-17-10-6-7-11-17)15-28-19(21(30)27(23)2)14-18(26-28)20(29)24-13-12-16-8-4-3-5-9-16/h3-5,8-9,14,17H,6-7,10-13,15H2,1-2H3,(H,24,29)(H,25,31)/t23-/m1/s1. The Hall–Kier alpha value is -3.16. The third-order valence-corrected chi connectivity index (χ3v) is 6.46. The predicted molar refractivity (Wildman–Crippen MR) is 116 cm³/mol. The van der Waals surface area contributed by atoms with Gasteiger partial charge in [-0.25, -0.2) is 0 Å². The van der Waals surface area contributed by atoms with Crippen LogP contribution in [-0.2, 0) is 17.8 Å². The molecule has 2 aromatic rings. The minimum Gasteiger partial charge on any atom is -0.351 e. The summed E-state index contributed by atoms with van der Waals surface area (Å²) in [6, 6.07) is 11.6. The van der Waals surface area contributed by atoms with Crippen molar-refractivity contribution in [3.05, 3.63) is 53.3 Å². The SMILES string of the molecule is CN1C(=O)c2cc(C(=O)NCCc3ccccc3)nn2C[C@]1(C)C(=O)NC1CCCC1. The summed E-state index contributed by atoms with van der Waals surface area (Å²) in [5.41, 5.74) is 0.583. The van der Waals surface area contributed by atoms with E-state index in [0.29, 0.717) is 18.7 Å². The molecule has 1 fully saturated rings. The van der Waals surface area contributed by atoms with Crippen LogP contribution in [0, 0.1) is 0 Å². The molecule has 8 nitrogen and oxygen atoms in total. The second kappa shape index (κ2) is 8.53. The van der Waals surface area contributed by atoms with Crippen molar-refractivity contribution in [3.63, 3.8) is 0 Å². The summed E-state index contributed by atoms with van der Waals surface area (Å²) in [5, 5.41) is 10.3. The first-order chi connectivity index (χ1) is 14.9. The number of carbonyl (C=O) groups excluding carboxylic acids is 3. The largest absolute Gasteiger partial charge is 0.351 e. The topological polar surface area (TPSA) is 96.3 Å². The maximum atomic E-state index is 13.0. The van der Waals surface area contributed by atoms with Gasteiger partial charge in [0.1, 0.15) is 11.2 Å². The molecule has 4 rings (SSSR count). The first-order valence-corrected chi connectivity index (χ1v) is 10.9. The second-order valence-electron chi connectivity index (χ2n) is 8.66. The molecule has 1 aliphatic carbocycles. The number of rotatable bonds is 6. The highest BCUT2D eigenvalue weighted by Gasteiger charge is 2.46. The second-order valence-corrected chi connectivity index (χ2v) is 8.66. The van der Waals surface area contributed by atoms with Crippen molar-refractivity contribution in [2.75, 3.05) is 13.6 Å². The lowest BCUT2D eigenvalue weighted by Crippen LogP contribution is -2.63. The van der Waals surface area contributed by atoms with Crippen LogP contribution >= 0.6 is 0 Å². The van der Waals surface area contributed by atoms with Crippen LogP contribution in [0.25, 0.3) is 0 Å². The van der Waals surface area contributed by atoms with Crippen LogP contribution < -0.4 is 10.6 Å². The highest BCUT2D eigenvalue weighted by molar-refractivity contribution is 6.01. The van der Waals surface area contributed by atoms with Crippen LogP contribution in [0.2, 0.25) is 0 Å². The van der Waals surface area contributed by atoms with Crippen LogP contribution in [0.15, 0.2) is 36.4 Å². The highest BCUT2D eigenvalue weighted by Crippen LogP contribution is 2.27. The smallest absolute Gasteiger partial charge is 0.272 e. The quantitative estimate of drug-likeness (QED) is 0.740. The first kappa shape index (κ1) is 21.1. The van der Waals surface area contributed by atoms with Crippen molar-refractivity contribution in [1.82, 2.24) is 25.3 Å². The molecule has 0 saturated heterocycles. The molecule has 2 N–H and O–H groups in total. The summed E-state index contributed by atoms with van der Waals surface area (Å²) in [6.07, 6.45) is 4.88. The fourth-order valence-electron chi connectivity index (χ4n) is 4.30. The van der Waals surface area contributed by atoms with E-state index in [2.05, 4.69) is 15.7 Å². The molecule has 164 valence electrons. The van der Waals surface area contributed by atoms with Crippen molar-refractivity contribution >= 4 is 17.7 Å². The molecule has 1 aromatic carbocycles. The Morgan fingerprint density at radius 2 is 1.90 bits per heavy atom. The van der Waals surface area contributed by atoms with Gasteiger partial charge in [0.15, 0.2) is 5.69 Å². The zero-order valence-corrected chi connectivity index (χ0v) is 18.1. The van der Waals surface area contributed by atoms with Gasteiger partial charge in [-0.2, -0.15) is 5.10 Å². The molecule has 1 saturated carbocycles. The normalized spacial score (nSPS) is 21.1. The zero-order chi connectivity index (χ0) is 22.0. The van der Waals surface area contributed by atoms with Gasteiger partial charge in [0.2, 0.25) is 5.91 Å². The van der Waals surface area contributed by atoms with Crippen LogP contribution in [0.1, 0.15) is 59.1 Å². The summed E-state index contributed by atoms with van der Waals surface area (Å²) in [7, 11) is 1.63. The number of hydrogen-bond donors (Lipinski definition) is 2. The maximum absolute atomic E-state index is 13.0. The molecule has 0 bridgehead atoms. The van der Waals surface area contributed by atoms with Crippen LogP contribution in [0.4, 0.5) is 0 Å². The molecule has 1 aromatic heterocycles. The molecule has 2 heterocycles. The van der Waals surface area contributed by atoms with E-state index < -0.39 is 5.54 Å². The third kappa shape index (κ3) is 4.19.